The first-order valence-corrected chi connectivity index (χ1v) is 10.0. The van der Waals surface area contributed by atoms with Crippen LogP contribution >= 0.6 is 23.4 Å². The van der Waals surface area contributed by atoms with Crippen molar-refractivity contribution in [2.24, 2.45) is 0 Å². The summed E-state index contributed by atoms with van der Waals surface area (Å²) in [6.07, 6.45) is 7.68. The van der Waals surface area contributed by atoms with E-state index >= 15 is 0 Å². The van der Waals surface area contributed by atoms with Crippen LogP contribution in [0.1, 0.15) is 11.1 Å². The van der Waals surface area contributed by atoms with Crippen molar-refractivity contribution in [2.75, 3.05) is 0 Å². The Morgan fingerprint density at radius 1 is 0.929 bits per heavy atom. The van der Waals surface area contributed by atoms with E-state index in [2.05, 4.69) is 0 Å². The Kier molecular flexibility index (Phi) is 4.23. The molecule has 5 rings (SSSR count). The lowest BCUT2D eigenvalue weighted by Gasteiger charge is -2.20. The second kappa shape index (κ2) is 6.89. The average molecular weight is 404 g/mol. The molecule has 2 aromatic carbocycles. The second-order valence-electron chi connectivity index (χ2n) is 6.37. The van der Waals surface area contributed by atoms with Crippen LogP contribution in [0.4, 0.5) is 0 Å². The lowest BCUT2D eigenvalue weighted by Crippen LogP contribution is -2.16. The second-order valence-corrected chi connectivity index (χ2v) is 7.65. The smallest absolute Gasteiger partial charge is 0.216 e. The molecule has 2 aromatic rings. The number of thioether (sulfide) groups is 1. The maximum Gasteiger partial charge on any atom is 0.216 e. The Morgan fingerprint density at radius 2 is 1.71 bits per heavy atom. The standard InChI is InChI=1S/C23H14ClNO2S/c24-17-11-9-16(10-12-17)20-18-8-4-5-13-25(18)21(22(20)26)23-27-19(14-28-23)15-6-2-1-3-7-15/h1-14H/b23-21+. The minimum absolute atomic E-state index is 0.0567. The number of hydrogen-bond donors (Lipinski definition) is 0. The molecule has 5 heteroatoms. The van der Waals surface area contributed by atoms with Gasteiger partial charge in [0, 0.05) is 22.2 Å². The van der Waals surface area contributed by atoms with Crippen molar-refractivity contribution in [1.29, 1.82) is 0 Å². The summed E-state index contributed by atoms with van der Waals surface area (Å²) in [6.45, 7) is 0. The molecule has 3 aliphatic heterocycles. The first-order valence-electron chi connectivity index (χ1n) is 8.76. The number of hydrogen-bond acceptors (Lipinski definition) is 4. The van der Waals surface area contributed by atoms with Gasteiger partial charge in [-0.15, -0.1) is 0 Å². The number of rotatable bonds is 2. The summed E-state index contributed by atoms with van der Waals surface area (Å²) < 4.78 is 6.09. The highest BCUT2D eigenvalue weighted by Gasteiger charge is 2.38. The van der Waals surface area contributed by atoms with E-state index in [1.165, 1.54) is 11.8 Å². The van der Waals surface area contributed by atoms with Gasteiger partial charge in [0.15, 0.2) is 5.09 Å². The number of fused-ring (bicyclic) bond motifs is 1. The number of benzene rings is 2. The normalized spacial score (nSPS) is 20.5. The molecule has 0 saturated carbocycles. The van der Waals surface area contributed by atoms with E-state index in [1.54, 1.807) is 12.1 Å². The van der Waals surface area contributed by atoms with Gasteiger partial charge in [-0.05, 0) is 29.8 Å². The van der Waals surface area contributed by atoms with Gasteiger partial charge in [-0.1, -0.05) is 71.9 Å². The number of carbonyl (C=O) groups excluding carboxylic acids is 1. The van der Waals surface area contributed by atoms with Crippen molar-refractivity contribution in [3.05, 3.63) is 117 Å². The zero-order valence-electron chi connectivity index (χ0n) is 14.6. The first kappa shape index (κ1) is 17.2. The van der Waals surface area contributed by atoms with Crippen LogP contribution in [0.25, 0.3) is 11.3 Å². The molecular weight excluding hydrogens is 390 g/mol. The molecule has 0 atom stereocenters. The van der Waals surface area contributed by atoms with Crippen molar-refractivity contribution in [3.63, 3.8) is 0 Å². The Bertz CT molecular complexity index is 1120. The van der Waals surface area contributed by atoms with Crippen LogP contribution in [0.5, 0.6) is 0 Å². The molecule has 0 bridgehead atoms. The summed E-state index contributed by atoms with van der Waals surface area (Å²) in [5.74, 6) is 0.692. The van der Waals surface area contributed by atoms with Gasteiger partial charge in [0.05, 0.1) is 11.3 Å². The van der Waals surface area contributed by atoms with E-state index in [-0.39, 0.29) is 5.78 Å². The summed E-state index contributed by atoms with van der Waals surface area (Å²) in [5, 5.41) is 3.17. The molecule has 0 aromatic heterocycles. The third-order valence-corrected chi connectivity index (χ3v) is 5.73. The number of nitrogens with zero attached hydrogens (tertiary/aromatic N) is 1. The molecule has 0 N–H and O–H groups in total. The zero-order valence-corrected chi connectivity index (χ0v) is 16.2. The Balaban J connectivity index is 1.55. The lowest BCUT2D eigenvalue weighted by atomic mass is 10.0. The van der Waals surface area contributed by atoms with Gasteiger partial charge in [-0.25, -0.2) is 0 Å². The molecule has 136 valence electrons. The summed E-state index contributed by atoms with van der Waals surface area (Å²) in [7, 11) is 0. The van der Waals surface area contributed by atoms with Gasteiger partial charge in [0.1, 0.15) is 11.5 Å². The lowest BCUT2D eigenvalue weighted by molar-refractivity contribution is -0.111. The molecule has 0 amide bonds. The van der Waals surface area contributed by atoms with Crippen LogP contribution in [0.2, 0.25) is 5.02 Å². The largest absolute Gasteiger partial charge is 0.447 e. The van der Waals surface area contributed by atoms with Crippen LogP contribution in [-0.2, 0) is 9.53 Å². The monoisotopic (exact) mass is 403 g/mol. The minimum Gasteiger partial charge on any atom is -0.447 e. The number of ether oxygens (including phenoxy) is 1. The highest BCUT2D eigenvalue weighted by Crippen LogP contribution is 2.45. The topological polar surface area (TPSA) is 29.5 Å². The highest BCUT2D eigenvalue weighted by molar-refractivity contribution is 8.06. The first-order chi connectivity index (χ1) is 13.7. The van der Waals surface area contributed by atoms with E-state index in [9.17, 15) is 4.79 Å². The minimum atomic E-state index is -0.0567. The maximum atomic E-state index is 13.4. The number of carbonyl (C=O) groups is 1. The molecule has 0 radical (unpaired) electrons. The Labute approximate surface area is 171 Å². The number of ketones is 1. The van der Waals surface area contributed by atoms with Crippen molar-refractivity contribution in [2.45, 2.75) is 0 Å². The number of allylic oxidation sites excluding steroid dienone is 4. The molecule has 28 heavy (non-hydrogen) atoms. The summed E-state index contributed by atoms with van der Waals surface area (Å²) in [6, 6.07) is 17.2. The molecule has 0 unspecified atom stereocenters. The summed E-state index contributed by atoms with van der Waals surface area (Å²) >= 11 is 7.45. The van der Waals surface area contributed by atoms with Gasteiger partial charge in [0.2, 0.25) is 5.78 Å². The fourth-order valence-electron chi connectivity index (χ4n) is 3.36. The average Bonchev–Trinajstić information content (AvgIpc) is 3.31. The fraction of sp³-hybridized carbons (Fsp3) is 0. The molecule has 0 fully saturated rings. The molecule has 3 heterocycles. The van der Waals surface area contributed by atoms with Crippen molar-refractivity contribution in [3.8, 4) is 0 Å². The van der Waals surface area contributed by atoms with E-state index in [4.69, 9.17) is 16.3 Å². The zero-order chi connectivity index (χ0) is 19.1. The maximum absolute atomic E-state index is 13.4. The highest BCUT2D eigenvalue weighted by atomic mass is 35.5. The quantitative estimate of drug-likeness (QED) is 0.579. The van der Waals surface area contributed by atoms with Gasteiger partial charge in [0.25, 0.3) is 0 Å². The molecule has 0 saturated heterocycles. The third-order valence-electron chi connectivity index (χ3n) is 4.66. The molecular formula is C23H14ClNO2S. The van der Waals surface area contributed by atoms with Crippen LogP contribution in [-0.4, -0.2) is 10.7 Å². The SMILES string of the molecule is O=C1C(c2ccc(Cl)cc2)=C2C=CC=CN2/C1=C1\OC(c2ccccc2)=CS1. The fourth-order valence-corrected chi connectivity index (χ4v) is 4.33. The number of Topliss-reactive ketones (excluding diaryl/α,β-unsaturated/α-hetero) is 1. The van der Waals surface area contributed by atoms with E-state index in [0.717, 1.165) is 22.6 Å². The summed E-state index contributed by atoms with van der Waals surface area (Å²) in [4.78, 5) is 15.3. The van der Waals surface area contributed by atoms with Gasteiger partial charge < -0.3 is 9.64 Å². The van der Waals surface area contributed by atoms with E-state index in [0.29, 0.717) is 21.4 Å². The van der Waals surface area contributed by atoms with Gasteiger partial charge in [-0.2, -0.15) is 0 Å². The molecule has 3 aliphatic rings. The van der Waals surface area contributed by atoms with E-state index in [1.807, 2.05) is 77.2 Å². The predicted octanol–water partition coefficient (Wildman–Crippen LogP) is 5.95. The predicted molar refractivity (Wildman–Crippen MR) is 114 cm³/mol. The van der Waals surface area contributed by atoms with Crippen LogP contribution in [0.3, 0.4) is 0 Å². The van der Waals surface area contributed by atoms with Crippen molar-refractivity contribution in [1.82, 2.24) is 4.90 Å². The van der Waals surface area contributed by atoms with Gasteiger partial charge >= 0.3 is 0 Å². The van der Waals surface area contributed by atoms with Crippen LogP contribution in [0.15, 0.2) is 101 Å². The van der Waals surface area contributed by atoms with Crippen molar-refractivity contribution >= 4 is 40.5 Å². The Hall–Kier alpha value is -2.95. The molecule has 3 nitrogen and oxygen atoms in total. The molecule has 0 aliphatic carbocycles. The van der Waals surface area contributed by atoms with Crippen molar-refractivity contribution < 1.29 is 9.53 Å². The molecule has 0 spiro atoms. The van der Waals surface area contributed by atoms with E-state index < -0.39 is 0 Å². The number of halogens is 1. The third kappa shape index (κ3) is 2.82. The van der Waals surface area contributed by atoms with Crippen LogP contribution < -0.4 is 0 Å². The van der Waals surface area contributed by atoms with Crippen LogP contribution in [0, 0.1) is 0 Å². The Morgan fingerprint density at radius 3 is 2.50 bits per heavy atom. The van der Waals surface area contributed by atoms with Gasteiger partial charge in [-0.3, -0.25) is 4.79 Å². The summed E-state index contributed by atoms with van der Waals surface area (Å²) in [5.41, 5.74) is 3.85.